The summed E-state index contributed by atoms with van der Waals surface area (Å²) in [7, 11) is 2.58. The molecule has 0 radical (unpaired) electrons. The molecule has 4 amide bonds. The molecule has 4 aromatic rings. The van der Waals surface area contributed by atoms with Gasteiger partial charge >= 0.3 is 12.2 Å². The molecule has 302 valence electrons. The van der Waals surface area contributed by atoms with Crippen molar-refractivity contribution < 1.29 is 33.4 Å². The lowest BCUT2D eigenvalue weighted by atomic mass is 10.00. The molecule has 15 nitrogen and oxygen atoms in total. The third-order valence-corrected chi connectivity index (χ3v) is 11.3. The Morgan fingerprint density at radius 3 is 1.51 bits per heavy atom. The lowest BCUT2D eigenvalue weighted by Gasteiger charge is -2.30. The first-order valence-electron chi connectivity index (χ1n) is 19.8. The molecule has 2 fully saturated rings. The maximum absolute atomic E-state index is 13.6. The van der Waals surface area contributed by atoms with E-state index in [1.165, 1.54) is 14.2 Å². The minimum Gasteiger partial charge on any atom is -0.457 e. The van der Waals surface area contributed by atoms with Crippen LogP contribution in [0, 0.1) is 11.8 Å². The topological polar surface area (TPSA) is 184 Å². The number of ether oxygens (including phenoxy) is 3. The number of amides is 4. The summed E-state index contributed by atoms with van der Waals surface area (Å²) in [5.74, 6) is 2.51. The van der Waals surface area contributed by atoms with Crippen molar-refractivity contribution in [2.24, 2.45) is 11.8 Å². The highest BCUT2D eigenvalue weighted by atomic mass is 16.5. The fourth-order valence-corrected chi connectivity index (χ4v) is 8.16. The van der Waals surface area contributed by atoms with Crippen molar-refractivity contribution in [1.82, 2.24) is 40.4 Å². The summed E-state index contributed by atoms with van der Waals surface area (Å²) in [5.41, 5.74) is 5.78. The monoisotopic (exact) mass is 780 g/mol. The zero-order valence-corrected chi connectivity index (χ0v) is 33.4. The Labute approximate surface area is 332 Å². The third-order valence-electron chi connectivity index (χ3n) is 11.3. The number of methoxy groups -OCH3 is 2. The second kappa shape index (κ2) is 16.7. The van der Waals surface area contributed by atoms with Gasteiger partial charge in [0.15, 0.2) is 0 Å². The van der Waals surface area contributed by atoms with E-state index in [0.717, 1.165) is 83.7 Å². The number of aromatic nitrogens is 4. The molecule has 2 aromatic carbocycles. The fourth-order valence-electron chi connectivity index (χ4n) is 8.16. The van der Waals surface area contributed by atoms with Crippen molar-refractivity contribution in [3.05, 3.63) is 71.6 Å². The van der Waals surface area contributed by atoms with Crippen LogP contribution in [0.4, 0.5) is 9.59 Å². The number of hydrogen-bond donors (Lipinski definition) is 4. The third kappa shape index (κ3) is 8.19. The number of likely N-dealkylation sites (tertiary alicyclic amines) is 2. The first-order valence-corrected chi connectivity index (χ1v) is 19.8. The highest BCUT2D eigenvalue weighted by Gasteiger charge is 2.39. The van der Waals surface area contributed by atoms with Crippen LogP contribution in [0.5, 0.6) is 11.5 Å². The molecule has 2 saturated heterocycles. The Morgan fingerprint density at radius 1 is 0.702 bits per heavy atom. The standard InChI is InChI=1S/C42H52N8O7/c1-23(2)35(47-41(53)55-5)39(51)49-17-7-9-31(49)37-43-21-29(45-37)25-13-15-33-27(19-25)11-12-28-20-26(14-16-34(28)57-33)30-22-44-38(46-30)32-10-8-18-50(32)40(52)36(24(3)4)48-42(54)56-6/h13-16,19-24,31-32,35-36H,7-12,17-18H2,1-6H3,(H,43,45)(H,44,46)(H,47,53)(H,48,54)/t31-,32-,35-,36-/m0/s1. The average Bonchev–Trinajstić information content (AvgIpc) is 4.04. The van der Waals surface area contributed by atoms with Gasteiger partial charge in [-0.25, -0.2) is 19.6 Å². The number of nitrogens with one attached hydrogen (secondary N) is 4. The number of hydrogen-bond acceptors (Lipinski definition) is 9. The predicted octanol–water partition coefficient (Wildman–Crippen LogP) is 6.45. The van der Waals surface area contributed by atoms with Gasteiger partial charge in [0.25, 0.3) is 0 Å². The highest BCUT2D eigenvalue weighted by Crippen LogP contribution is 2.39. The van der Waals surface area contributed by atoms with E-state index in [0.29, 0.717) is 24.7 Å². The second-order valence-corrected chi connectivity index (χ2v) is 15.7. The Bertz CT molecular complexity index is 1980. The number of nitrogens with zero attached hydrogens (tertiary/aromatic N) is 4. The summed E-state index contributed by atoms with van der Waals surface area (Å²) >= 11 is 0. The van der Waals surface area contributed by atoms with Crippen LogP contribution >= 0.6 is 0 Å². The van der Waals surface area contributed by atoms with Crippen LogP contribution in [0.2, 0.25) is 0 Å². The van der Waals surface area contributed by atoms with E-state index in [2.05, 4.69) is 32.7 Å². The molecule has 0 unspecified atom stereocenters. The molecule has 0 spiro atoms. The van der Waals surface area contributed by atoms with Gasteiger partial charge in [-0.2, -0.15) is 0 Å². The normalized spacial score (nSPS) is 18.7. The zero-order valence-electron chi connectivity index (χ0n) is 33.4. The molecule has 0 saturated carbocycles. The number of carbonyl (C=O) groups is 4. The van der Waals surface area contributed by atoms with Gasteiger partial charge in [0.1, 0.15) is 35.2 Å². The molecule has 0 aliphatic carbocycles. The summed E-state index contributed by atoms with van der Waals surface area (Å²) in [5, 5.41) is 5.40. The smallest absolute Gasteiger partial charge is 0.407 e. The molecular formula is C42H52N8O7. The number of alkyl carbamates (subject to hydrolysis) is 2. The van der Waals surface area contributed by atoms with Gasteiger partial charge in [0.05, 0.1) is 50.1 Å². The molecule has 2 aromatic heterocycles. The molecular weight excluding hydrogens is 729 g/mol. The summed E-state index contributed by atoms with van der Waals surface area (Å²) in [6.07, 6.45) is 7.11. The number of aryl methyl sites for hydroxylation is 2. The summed E-state index contributed by atoms with van der Waals surface area (Å²) in [4.78, 5) is 71.2. The number of carbonyl (C=O) groups excluding carboxylic acids is 4. The minimum absolute atomic E-state index is 0.114. The quantitative estimate of drug-likeness (QED) is 0.141. The highest BCUT2D eigenvalue weighted by molar-refractivity contribution is 5.87. The van der Waals surface area contributed by atoms with E-state index in [9.17, 15) is 19.2 Å². The van der Waals surface area contributed by atoms with Crippen LogP contribution in [0.25, 0.3) is 22.5 Å². The largest absolute Gasteiger partial charge is 0.457 e. The van der Waals surface area contributed by atoms with Crippen molar-refractivity contribution in [3.8, 4) is 34.0 Å². The molecule has 57 heavy (non-hydrogen) atoms. The Kier molecular flexibility index (Phi) is 11.5. The molecule has 5 heterocycles. The molecule has 0 bridgehead atoms. The Balaban J connectivity index is 1.03. The van der Waals surface area contributed by atoms with E-state index < -0.39 is 24.3 Å². The van der Waals surface area contributed by atoms with Gasteiger partial charge in [-0.1, -0.05) is 27.7 Å². The summed E-state index contributed by atoms with van der Waals surface area (Å²) in [6, 6.07) is 10.4. The molecule has 4 N–H and O–H groups in total. The summed E-state index contributed by atoms with van der Waals surface area (Å²) in [6.45, 7) is 8.77. The van der Waals surface area contributed by atoms with Crippen molar-refractivity contribution in [3.63, 3.8) is 0 Å². The number of benzene rings is 2. The maximum Gasteiger partial charge on any atom is 0.407 e. The second-order valence-electron chi connectivity index (χ2n) is 15.7. The minimum atomic E-state index is -0.698. The predicted molar refractivity (Wildman–Crippen MR) is 211 cm³/mol. The lowest BCUT2D eigenvalue weighted by Crippen LogP contribution is -2.51. The van der Waals surface area contributed by atoms with E-state index in [-0.39, 0.29) is 35.7 Å². The van der Waals surface area contributed by atoms with Crippen LogP contribution in [0.15, 0.2) is 48.8 Å². The number of imidazole rings is 2. The SMILES string of the molecule is COC(=O)N[C@H](C(=O)N1CCC[C@H]1c1ncc(-c2ccc3c(c2)CCc2cc(-c4cnc([C@@H]5CCCN5C(=O)[C@@H](NC(=O)OC)C(C)C)[nH]4)ccc2O3)[nH]1)C(C)C. The van der Waals surface area contributed by atoms with Crippen molar-refractivity contribution in [2.45, 2.75) is 90.4 Å². The summed E-state index contributed by atoms with van der Waals surface area (Å²) < 4.78 is 16.0. The van der Waals surface area contributed by atoms with Gasteiger partial charge in [-0.05, 0) is 97.9 Å². The Morgan fingerprint density at radius 2 is 1.12 bits per heavy atom. The molecule has 7 rings (SSSR count). The number of fused-ring (bicyclic) bond motifs is 2. The Hall–Kier alpha value is -5.86. The van der Waals surface area contributed by atoms with Gasteiger partial charge in [0, 0.05) is 24.2 Å². The molecule has 15 heteroatoms. The van der Waals surface area contributed by atoms with Gasteiger partial charge < -0.3 is 44.6 Å². The number of rotatable bonds is 10. The van der Waals surface area contributed by atoms with Crippen molar-refractivity contribution >= 4 is 24.0 Å². The van der Waals surface area contributed by atoms with Crippen molar-refractivity contribution in [1.29, 1.82) is 0 Å². The van der Waals surface area contributed by atoms with Gasteiger partial charge in [-0.3, -0.25) is 9.59 Å². The van der Waals surface area contributed by atoms with E-state index in [1.54, 1.807) is 0 Å². The van der Waals surface area contributed by atoms with E-state index >= 15 is 0 Å². The van der Waals surface area contributed by atoms with Crippen LogP contribution in [-0.2, 0) is 31.9 Å². The van der Waals surface area contributed by atoms with Gasteiger partial charge in [0.2, 0.25) is 11.8 Å². The number of H-pyrrole nitrogens is 2. The molecule has 4 atom stereocenters. The van der Waals surface area contributed by atoms with E-state index in [4.69, 9.17) is 24.2 Å². The van der Waals surface area contributed by atoms with E-state index in [1.807, 2.05) is 74.2 Å². The lowest BCUT2D eigenvalue weighted by molar-refractivity contribution is -0.136. The first-order chi connectivity index (χ1) is 27.4. The fraction of sp³-hybridized carbons (Fsp3) is 0.476. The number of aromatic amines is 2. The molecule has 3 aliphatic heterocycles. The maximum atomic E-state index is 13.6. The van der Waals surface area contributed by atoms with Crippen LogP contribution < -0.4 is 15.4 Å². The van der Waals surface area contributed by atoms with Crippen LogP contribution in [0.3, 0.4) is 0 Å². The van der Waals surface area contributed by atoms with Crippen LogP contribution in [0.1, 0.15) is 88.2 Å². The van der Waals surface area contributed by atoms with Crippen molar-refractivity contribution in [2.75, 3.05) is 27.3 Å². The van der Waals surface area contributed by atoms with Crippen LogP contribution in [-0.4, -0.2) is 93.1 Å². The van der Waals surface area contributed by atoms with Gasteiger partial charge in [-0.15, -0.1) is 0 Å². The molecule has 3 aliphatic rings. The average molecular weight is 781 g/mol. The first kappa shape index (κ1) is 39.4. The zero-order chi connectivity index (χ0) is 40.4.